The van der Waals surface area contributed by atoms with E-state index in [0.717, 1.165) is 44.9 Å². The summed E-state index contributed by atoms with van der Waals surface area (Å²) in [5, 5.41) is 0. The summed E-state index contributed by atoms with van der Waals surface area (Å²) < 4.78 is 32.3. The van der Waals surface area contributed by atoms with E-state index in [0.29, 0.717) is 30.1 Å². The standard InChI is InChI=1S/C33H45FN2O5/c1-4-6-8-9-10-11-19-36(18-7-5-2)33(38)28-22-40-32(35-28)31(26-21-24-14-16-29(26)41-24)25-20-23(12-15-27(25)34)13-17-30(37)39-3/h12-13,15,17,20,22,24,26,29,31H,4-11,14,16,18-19,21H2,1-3H3/b17-13+/t24?,26-,29?,31?/m0/s1. The largest absolute Gasteiger partial charge is 0.466 e. The number of unbranched alkanes of at least 4 members (excludes halogenated alkanes) is 6. The molecule has 3 unspecified atom stereocenters. The number of halogens is 1. The van der Waals surface area contributed by atoms with Gasteiger partial charge in [0, 0.05) is 30.6 Å². The Morgan fingerprint density at radius 3 is 2.56 bits per heavy atom. The fraction of sp³-hybridized carbons (Fsp3) is 0.606. The van der Waals surface area contributed by atoms with Crippen LogP contribution in [-0.2, 0) is 14.3 Å². The molecule has 2 fully saturated rings. The molecule has 1 aromatic heterocycles. The average molecular weight is 569 g/mol. The lowest BCUT2D eigenvalue weighted by Gasteiger charge is -2.27. The van der Waals surface area contributed by atoms with Crippen molar-refractivity contribution in [2.75, 3.05) is 20.2 Å². The van der Waals surface area contributed by atoms with Crippen molar-refractivity contribution in [3.63, 3.8) is 0 Å². The van der Waals surface area contributed by atoms with Gasteiger partial charge in [-0.2, -0.15) is 0 Å². The molecule has 2 aliphatic rings. The summed E-state index contributed by atoms with van der Waals surface area (Å²) in [5.41, 5.74) is 1.35. The summed E-state index contributed by atoms with van der Waals surface area (Å²) in [6.45, 7) is 5.70. The van der Waals surface area contributed by atoms with Crippen LogP contribution in [-0.4, -0.2) is 54.2 Å². The van der Waals surface area contributed by atoms with Gasteiger partial charge in [0.15, 0.2) is 5.69 Å². The third-order valence-corrected chi connectivity index (χ3v) is 8.41. The molecule has 2 bridgehead atoms. The van der Waals surface area contributed by atoms with Crippen LogP contribution in [0, 0.1) is 11.7 Å². The molecule has 3 heterocycles. The molecule has 1 aromatic carbocycles. The van der Waals surface area contributed by atoms with E-state index < -0.39 is 11.9 Å². The van der Waals surface area contributed by atoms with Gasteiger partial charge in [0.1, 0.15) is 12.1 Å². The first kappa shape index (κ1) is 30.9. The molecule has 2 aliphatic heterocycles. The molecule has 8 heteroatoms. The Balaban J connectivity index is 1.58. The molecule has 4 atom stereocenters. The van der Waals surface area contributed by atoms with Crippen molar-refractivity contribution in [2.24, 2.45) is 5.92 Å². The maximum absolute atomic E-state index is 15.4. The van der Waals surface area contributed by atoms with Gasteiger partial charge in [-0.3, -0.25) is 4.79 Å². The SMILES string of the molecule is CCCCCCCCN(CCCC)C(=O)c1coc(C(c2cc(/C=C/C(=O)OC)ccc2F)[C@H]2CC3CCC2O3)n1. The van der Waals surface area contributed by atoms with Gasteiger partial charge in [-0.15, -0.1) is 0 Å². The number of fused-ring (bicyclic) bond motifs is 2. The molecule has 4 rings (SSSR count). The lowest BCUT2D eigenvalue weighted by Crippen LogP contribution is -2.33. The maximum atomic E-state index is 15.4. The van der Waals surface area contributed by atoms with Crippen LogP contribution in [0.5, 0.6) is 0 Å². The van der Waals surface area contributed by atoms with E-state index in [1.165, 1.54) is 51.2 Å². The van der Waals surface area contributed by atoms with Crippen molar-refractivity contribution >= 4 is 18.0 Å². The Bertz CT molecular complexity index is 1180. The molecule has 0 radical (unpaired) electrons. The van der Waals surface area contributed by atoms with Crippen molar-refractivity contribution in [1.29, 1.82) is 0 Å². The molecule has 224 valence electrons. The fourth-order valence-electron chi connectivity index (χ4n) is 6.15. The number of rotatable bonds is 16. The molecule has 2 aromatic rings. The van der Waals surface area contributed by atoms with Crippen LogP contribution >= 0.6 is 0 Å². The van der Waals surface area contributed by atoms with Crippen LogP contribution in [0.2, 0.25) is 0 Å². The van der Waals surface area contributed by atoms with Gasteiger partial charge in [-0.1, -0.05) is 58.4 Å². The first-order valence-electron chi connectivity index (χ1n) is 15.4. The molecule has 1 amide bonds. The van der Waals surface area contributed by atoms with Crippen LogP contribution < -0.4 is 0 Å². The zero-order chi connectivity index (χ0) is 29.2. The lowest BCUT2D eigenvalue weighted by atomic mass is 9.76. The molecule has 0 N–H and O–H groups in total. The minimum atomic E-state index is -0.513. The number of aromatic nitrogens is 1. The number of esters is 1. The second kappa shape index (κ2) is 15.3. The number of oxazole rings is 1. The number of benzene rings is 1. The molecule has 2 saturated heterocycles. The number of hydrogen-bond donors (Lipinski definition) is 0. The van der Waals surface area contributed by atoms with Gasteiger partial charge in [-0.05, 0) is 55.9 Å². The van der Waals surface area contributed by atoms with Crippen LogP contribution in [0.15, 0.2) is 35.0 Å². The second-order valence-electron chi connectivity index (χ2n) is 11.4. The van der Waals surface area contributed by atoms with Crippen molar-refractivity contribution in [2.45, 2.75) is 103 Å². The fourth-order valence-corrected chi connectivity index (χ4v) is 6.15. The molecule has 0 spiro atoms. The van der Waals surface area contributed by atoms with Gasteiger partial charge >= 0.3 is 5.97 Å². The van der Waals surface area contributed by atoms with E-state index in [9.17, 15) is 9.59 Å². The third kappa shape index (κ3) is 8.06. The monoisotopic (exact) mass is 568 g/mol. The number of carbonyl (C=O) groups excluding carboxylic acids is 2. The number of amides is 1. The van der Waals surface area contributed by atoms with Gasteiger partial charge < -0.3 is 18.8 Å². The topological polar surface area (TPSA) is 81.9 Å². The maximum Gasteiger partial charge on any atom is 0.330 e. The highest BCUT2D eigenvalue weighted by atomic mass is 19.1. The van der Waals surface area contributed by atoms with E-state index in [4.69, 9.17) is 18.9 Å². The Morgan fingerprint density at radius 1 is 1.10 bits per heavy atom. The zero-order valence-corrected chi connectivity index (χ0v) is 24.8. The third-order valence-electron chi connectivity index (χ3n) is 8.41. The molecule has 0 aliphatic carbocycles. The van der Waals surface area contributed by atoms with Crippen LogP contribution in [0.3, 0.4) is 0 Å². The average Bonchev–Trinajstić information content (AvgIpc) is 3.75. The highest BCUT2D eigenvalue weighted by Crippen LogP contribution is 2.48. The highest BCUT2D eigenvalue weighted by molar-refractivity contribution is 5.92. The van der Waals surface area contributed by atoms with Crippen LogP contribution in [0.1, 0.15) is 118 Å². The van der Waals surface area contributed by atoms with Crippen molar-refractivity contribution < 1.29 is 27.9 Å². The number of methoxy groups -OCH3 is 1. The molecule has 0 saturated carbocycles. The molecule has 41 heavy (non-hydrogen) atoms. The number of carbonyl (C=O) groups is 2. The summed E-state index contributed by atoms with van der Waals surface area (Å²) >= 11 is 0. The first-order chi connectivity index (χ1) is 19.9. The van der Waals surface area contributed by atoms with E-state index in [1.54, 1.807) is 18.2 Å². The Labute approximate surface area is 243 Å². The summed E-state index contributed by atoms with van der Waals surface area (Å²) in [6, 6.07) is 4.74. The predicted octanol–water partition coefficient (Wildman–Crippen LogP) is 7.30. The molecule has 7 nitrogen and oxygen atoms in total. The second-order valence-corrected chi connectivity index (χ2v) is 11.4. The molecular weight excluding hydrogens is 523 g/mol. The van der Waals surface area contributed by atoms with Crippen molar-refractivity contribution in [3.05, 3.63) is 59.1 Å². The quantitative estimate of drug-likeness (QED) is 0.120. The van der Waals surface area contributed by atoms with E-state index in [1.807, 2.05) is 4.90 Å². The van der Waals surface area contributed by atoms with Crippen molar-refractivity contribution in [3.8, 4) is 0 Å². The smallest absolute Gasteiger partial charge is 0.330 e. The lowest BCUT2D eigenvalue weighted by molar-refractivity contribution is -0.134. The van der Waals surface area contributed by atoms with E-state index in [-0.39, 0.29) is 35.5 Å². The number of hydrogen-bond acceptors (Lipinski definition) is 6. The van der Waals surface area contributed by atoms with E-state index in [2.05, 4.69) is 13.8 Å². The minimum absolute atomic E-state index is 0.0153. The van der Waals surface area contributed by atoms with Crippen LogP contribution in [0.25, 0.3) is 6.08 Å². The normalized spacial score (nSPS) is 20.5. The zero-order valence-electron chi connectivity index (χ0n) is 24.8. The van der Waals surface area contributed by atoms with Gasteiger partial charge in [0.25, 0.3) is 5.91 Å². The minimum Gasteiger partial charge on any atom is -0.466 e. The number of nitrogens with zero attached hydrogens (tertiary/aromatic N) is 2. The van der Waals surface area contributed by atoms with E-state index >= 15 is 4.39 Å². The summed E-state index contributed by atoms with van der Waals surface area (Å²) in [7, 11) is 1.31. The Kier molecular flexibility index (Phi) is 11.5. The Morgan fingerprint density at radius 2 is 1.85 bits per heavy atom. The highest BCUT2D eigenvalue weighted by Gasteiger charge is 2.47. The predicted molar refractivity (Wildman–Crippen MR) is 156 cm³/mol. The van der Waals surface area contributed by atoms with Gasteiger partial charge in [-0.25, -0.2) is 14.2 Å². The number of ether oxygens (including phenoxy) is 2. The first-order valence-corrected chi connectivity index (χ1v) is 15.4. The summed E-state index contributed by atoms with van der Waals surface area (Å²) in [6.07, 6.45) is 16.0. The van der Waals surface area contributed by atoms with Gasteiger partial charge in [0.05, 0.1) is 25.2 Å². The van der Waals surface area contributed by atoms with Crippen molar-refractivity contribution in [1.82, 2.24) is 9.88 Å². The summed E-state index contributed by atoms with van der Waals surface area (Å²) in [4.78, 5) is 31.8. The summed E-state index contributed by atoms with van der Waals surface area (Å²) in [5.74, 6) is -1.22. The Hall–Kier alpha value is -3.00. The van der Waals surface area contributed by atoms with Gasteiger partial charge in [0.2, 0.25) is 5.89 Å². The molecular formula is C33H45FN2O5. The van der Waals surface area contributed by atoms with Crippen LogP contribution in [0.4, 0.5) is 4.39 Å².